The molecule has 1 saturated heterocycles. The molecule has 116 valence electrons. The molecule has 2 rings (SSSR count). The second-order valence-electron chi connectivity index (χ2n) is 5.86. The third-order valence-corrected chi connectivity index (χ3v) is 3.61. The number of carbonyl (C=O) groups is 1. The van der Waals surface area contributed by atoms with Crippen molar-refractivity contribution in [2.75, 3.05) is 19.6 Å². The third kappa shape index (κ3) is 5.38. The number of nitrogens with zero attached hydrogens (tertiary/aromatic N) is 1. The van der Waals surface area contributed by atoms with Gasteiger partial charge >= 0.3 is 0 Å². The summed E-state index contributed by atoms with van der Waals surface area (Å²) in [4.78, 5) is 14.0. The molecular formula is C17H26N2O2. The standard InChI is InChI=1S/C17H26N2O2/c1-14(2)21-16-8-6-15(7-9-16)12-18-13-17(20)19-10-4-3-5-11-19/h6-9,14,18H,3-5,10-13H2,1-2H3. The van der Waals surface area contributed by atoms with Crippen molar-refractivity contribution in [1.82, 2.24) is 10.2 Å². The molecule has 0 spiro atoms. The Balaban J connectivity index is 1.71. The van der Waals surface area contributed by atoms with E-state index in [1.807, 2.05) is 43.0 Å². The zero-order valence-corrected chi connectivity index (χ0v) is 13.1. The van der Waals surface area contributed by atoms with Crippen molar-refractivity contribution in [3.8, 4) is 5.75 Å². The van der Waals surface area contributed by atoms with Gasteiger partial charge in [-0.2, -0.15) is 0 Å². The molecule has 0 bridgehead atoms. The summed E-state index contributed by atoms with van der Waals surface area (Å²) < 4.78 is 5.61. The Morgan fingerprint density at radius 1 is 1.19 bits per heavy atom. The third-order valence-electron chi connectivity index (χ3n) is 3.61. The molecule has 1 fully saturated rings. The van der Waals surface area contributed by atoms with Crippen LogP contribution in [0.1, 0.15) is 38.7 Å². The topological polar surface area (TPSA) is 41.6 Å². The van der Waals surface area contributed by atoms with Gasteiger partial charge in [0, 0.05) is 19.6 Å². The number of nitrogens with one attached hydrogen (secondary N) is 1. The molecule has 0 atom stereocenters. The van der Waals surface area contributed by atoms with Gasteiger partial charge in [0.05, 0.1) is 12.6 Å². The van der Waals surface area contributed by atoms with Gasteiger partial charge in [-0.1, -0.05) is 12.1 Å². The number of likely N-dealkylation sites (tertiary alicyclic amines) is 1. The van der Waals surface area contributed by atoms with Crippen LogP contribution in [0.2, 0.25) is 0 Å². The Morgan fingerprint density at radius 3 is 2.48 bits per heavy atom. The fourth-order valence-corrected chi connectivity index (χ4v) is 2.53. The molecule has 0 radical (unpaired) electrons. The van der Waals surface area contributed by atoms with E-state index in [4.69, 9.17) is 4.74 Å². The summed E-state index contributed by atoms with van der Waals surface area (Å²) in [5.41, 5.74) is 1.16. The summed E-state index contributed by atoms with van der Waals surface area (Å²) in [6, 6.07) is 8.03. The average molecular weight is 290 g/mol. The van der Waals surface area contributed by atoms with Crippen LogP contribution in [-0.2, 0) is 11.3 Å². The first-order valence-electron chi connectivity index (χ1n) is 7.89. The van der Waals surface area contributed by atoms with E-state index in [0.29, 0.717) is 13.1 Å². The van der Waals surface area contributed by atoms with Gasteiger partial charge in [-0.3, -0.25) is 4.79 Å². The minimum atomic E-state index is 0.191. The van der Waals surface area contributed by atoms with Crippen LogP contribution in [-0.4, -0.2) is 36.5 Å². The van der Waals surface area contributed by atoms with Gasteiger partial charge in [-0.15, -0.1) is 0 Å². The molecule has 0 unspecified atom stereocenters. The van der Waals surface area contributed by atoms with Crippen LogP contribution in [0.5, 0.6) is 5.75 Å². The number of piperidine rings is 1. The lowest BCUT2D eigenvalue weighted by Crippen LogP contribution is -2.40. The van der Waals surface area contributed by atoms with Crippen molar-refractivity contribution in [2.45, 2.75) is 45.8 Å². The van der Waals surface area contributed by atoms with Gasteiger partial charge in [0.1, 0.15) is 5.75 Å². The monoisotopic (exact) mass is 290 g/mol. The normalized spacial score (nSPS) is 15.3. The fourth-order valence-electron chi connectivity index (χ4n) is 2.53. The van der Waals surface area contributed by atoms with Gasteiger partial charge in [-0.25, -0.2) is 0 Å². The van der Waals surface area contributed by atoms with E-state index < -0.39 is 0 Å². The highest BCUT2D eigenvalue weighted by Gasteiger charge is 2.15. The molecule has 1 aromatic carbocycles. The summed E-state index contributed by atoms with van der Waals surface area (Å²) >= 11 is 0. The van der Waals surface area contributed by atoms with Crippen molar-refractivity contribution in [1.29, 1.82) is 0 Å². The van der Waals surface area contributed by atoms with Gasteiger partial charge in [-0.05, 0) is 50.8 Å². The molecule has 1 heterocycles. The first kappa shape index (κ1) is 15.8. The predicted octanol–water partition coefficient (Wildman–Crippen LogP) is 2.58. The highest BCUT2D eigenvalue weighted by molar-refractivity contribution is 5.78. The quantitative estimate of drug-likeness (QED) is 0.875. The SMILES string of the molecule is CC(C)Oc1ccc(CNCC(=O)N2CCCCC2)cc1. The molecule has 1 aliphatic rings. The molecule has 0 saturated carbocycles. The van der Waals surface area contributed by atoms with E-state index in [9.17, 15) is 4.79 Å². The Labute approximate surface area is 127 Å². The minimum Gasteiger partial charge on any atom is -0.491 e. The van der Waals surface area contributed by atoms with E-state index in [-0.39, 0.29) is 12.0 Å². The van der Waals surface area contributed by atoms with Gasteiger partial charge in [0.2, 0.25) is 5.91 Å². The molecule has 1 amide bonds. The highest BCUT2D eigenvalue weighted by Crippen LogP contribution is 2.13. The van der Waals surface area contributed by atoms with Crippen molar-refractivity contribution in [3.63, 3.8) is 0 Å². The maximum Gasteiger partial charge on any atom is 0.236 e. The second kappa shape index (κ2) is 8.03. The van der Waals surface area contributed by atoms with Crippen molar-refractivity contribution in [3.05, 3.63) is 29.8 Å². The van der Waals surface area contributed by atoms with Crippen LogP contribution in [0, 0.1) is 0 Å². The lowest BCUT2D eigenvalue weighted by Gasteiger charge is -2.26. The lowest BCUT2D eigenvalue weighted by atomic mass is 10.1. The number of ether oxygens (including phenoxy) is 1. The highest BCUT2D eigenvalue weighted by atomic mass is 16.5. The molecule has 1 aromatic rings. The molecule has 1 aliphatic heterocycles. The zero-order valence-electron chi connectivity index (χ0n) is 13.1. The summed E-state index contributed by atoms with van der Waals surface area (Å²) in [6.07, 6.45) is 3.73. The molecule has 1 N–H and O–H groups in total. The summed E-state index contributed by atoms with van der Waals surface area (Å²) in [6.45, 7) is 7.00. The maximum atomic E-state index is 12.0. The molecule has 4 heteroatoms. The second-order valence-corrected chi connectivity index (χ2v) is 5.86. The zero-order chi connectivity index (χ0) is 15.1. The largest absolute Gasteiger partial charge is 0.491 e. The molecule has 0 aliphatic carbocycles. The van der Waals surface area contributed by atoms with Crippen LogP contribution >= 0.6 is 0 Å². The van der Waals surface area contributed by atoms with Crippen LogP contribution in [0.3, 0.4) is 0 Å². The minimum absolute atomic E-state index is 0.191. The first-order chi connectivity index (χ1) is 10.1. The molecular weight excluding hydrogens is 264 g/mol. The van der Waals surface area contributed by atoms with Crippen molar-refractivity contribution < 1.29 is 9.53 Å². The van der Waals surface area contributed by atoms with Gasteiger partial charge in [0.25, 0.3) is 0 Å². The van der Waals surface area contributed by atoms with Crippen LogP contribution in [0.4, 0.5) is 0 Å². The van der Waals surface area contributed by atoms with E-state index in [1.165, 1.54) is 6.42 Å². The molecule has 4 nitrogen and oxygen atoms in total. The average Bonchev–Trinajstić information content (AvgIpc) is 2.49. The Hall–Kier alpha value is -1.55. The first-order valence-corrected chi connectivity index (χ1v) is 7.89. The maximum absolute atomic E-state index is 12.0. The van der Waals surface area contributed by atoms with Crippen LogP contribution in [0.15, 0.2) is 24.3 Å². The number of benzene rings is 1. The van der Waals surface area contributed by atoms with E-state index >= 15 is 0 Å². The number of hydrogen-bond donors (Lipinski definition) is 1. The fraction of sp³-hybridized carbons (Fsp3) is 0.588. The van der Waals surface area contributed by atoms with Crippen molar-refractivity contribution in [2.24, 2.45) is 0 Å². The number of amides is 1. The predicted molar refractivity (Wildman–Crippen MR) is 84.3 cm³/mol. The summed E-state index contributed by atoms with van der Waals surface area (Å²) in [7, 11) is 0. The van der Waals surface area contributed by atoms with E-state index in [1.54, 1.807) is 0 Å². The van der Waals surface area contributed by atoms with Crippen LogP contribution < -0.4 is 10.1 Å². The van der Waals surface area contributed by atoms with Gasteiger partial charge in [0.15, 0.2) is 0 Å². The number of hydrogen-bond acceptors (Lipinski definition) is 3. The van der Waals surface area contributed by atoms with Crippen LogP contribution in [0.25, 0.3) is 0 Å². The molecule has 21 heavy (non-hydrogen) atoms. The number of carbonyl (C=O) groups excluding carboxylic acids is 1. The lowest BCUT2D eigenvalue weighted by molar-refractivity contribution is -0.131. The Bertz CT molecular complexity index is 437. The smallest absolute Gasteiger partial charge is 0.236 e. The summed E-state index contributed by atoms with van der Waals surface area (Å²) in [5.74, 6) is 1.10. The Morgan fingerprint density at radius 2 is 1.86 bits per heavy atom. The van der Waals surface area contributed by atoms with Gasteiger partial charge < -0.3 is 15.0 Å². The molecule has 0 aromatic heterocycles. The summed E-state index contributed by atoms with van der Waals surface area (Å²) in [5, 5.41) is 3.23. The Kier molecular flexibility index (Phi) is 6.05. The van der Waals surface area contributed by atoms with Crippen molar-refractivity contribution >= 4 is 5.91 Å². The van der Waals surface area contributed by atoms with E-state index in [2.05, 4.69) is 5.32 Å². The van der Waals surface area contributed by atoms with E-state index in [0.717, 1.165) is 37.2 Å². The number of rotatable bonds is 6.